The maximum absolute atomic E-state index is 3.24. The second-order valence-electron chi connectivity index (χ2n) is 14.8. The topological polar surface area (TPSA) is 6.48 Å². The highest BCUT2D eigenvalue weighted by Gasteiger charge is 2.70. The first-order valence-electron chi connectivity index (χ1n) is 17.9. The zero-order valence-electron chi connectivity index (χ0n) is 24.7. The molecule has 6 fully saturated rings. The SMILES string of the molecule is C1CCCC(C2(C3CCCCCC3)C(C3CCCCC3)CCC2(N2CCCCC2)N2CCCC2)CCC1. The van der Waals surface area contributed by atoms with Crippen LogP contribution in [-0.4, -0.2) is 41.6 Å². The Morgan fingerprint density at radius 3 is 1.27 bits per heavy atom. The van der Waals surface area contributed by atoms with Gasteiger partial charge in [-0.15, -0.1) is 0 Å². The molecule has 3 atom stereocenters. The molecule has 212 valence electrons. The number of hydrogen-bond donors (Lipinski definition) is 0. The van der Waals surface area contributed by atoms with Gasteiger partial charge in [-0.05, 0) is 114 Å². The van der Waals surface area contributed by atoms with Crippen LogP contribution in [0.1, 0.15) is 161 Å². The van der Waals surface area contributed by atoms with Crippen LogP contribution in [-0.2, 0) is 0 Å². The highest BCUT2D eigenvalue weighted by atomic mass is 15.4. The van der Waals surface area contributed by atoms with Gasteiger partial charge in [-0.3, -0.25) is 9.80 Å². The minimum atomic E-state index is 0.394. The molecule has 37 heavy (non-hydrogen) atoms. The van der Waals surface area contributed by atoms with Gasteiger partial charge in [0.1, 0.15) is 0 Å². The first-order chi connectivity index (χ1) is 18.4. The quantitative estimate of drug-likeness (QED) is 0.340. The smallest absolute Gasteiger partial charge is 0.0803 e. The van der Waals surface area contributed by atoms with E-state index in [-0.39, 0.29) is 0 Å². The van der Waals surface area contributed by atoms with Gasteiger partial charge in [0.25, 0.3) is 0 Å². The van der Waals surface area contributed by atoms with Crippen molar-refractivity contribution in [3.8, 4) is 0 Å². The Morgan fingerprint density at radius 1 is 0.378 bits per heavy atom. The van der Waals surface area contributed by atoms with E-state index >= 15 is 0 Å². The van der Waals surface area contributed by atoms with Gasteiger partial charge >= 0.3 is 0 Å². The van der Waals surface area contributed by atoms with Crippen molar-refractivity contribution in [2.45, 2.75) is 166 Å². The van der Waals surface area contributed by atoms with Crippen LogP contribution in [0.15, 0.2) is 0 Å². The molecule has 2 heterocycles. The third-order valence-electron chi connectivity index (χ3n) is 13.1. The fourth-order valence-corrected chi connectivity index (χ4v) is 12.0. The largest absolute Gasteiger partial charge is 0.285 e. The van der Waals surface area contributed by atoms with Gasteiger partial charge < -0.3 is 0 Å². The lowest BCUT2D eigenvalue weighted by Crippen LogP contribution is -2.72. The van der Waals surface area contributed by atoms with Gasteiger partial charge in [0, 0.05) is 5.41 Å². The van der Waals surface area contributed by atoms with Crippen LogP contribution in [0.5, 0.6) is 0 Å². The molecule has 6 rings (SSSR count). The van der Waals surface area contributed by atoms with Crippen molar-refractivity contribution in [2.24, 2.45) is 29.1 Å². The lowest BCUT2D eigenvalue weighted by molar-refractivity contribution is -0.205. The molecule has 0 aromatic rings. The number of hydrogen-bond acceptors (Lipinski definition) is 2. The minimum absolute atomic E-state index is 0.394. The van der Waals surface area contributed by atoms with Crippen molar-refractivity contribution in [2.75, 3.05) is 26.2 Å². The van der Waals surface area contributed by atoms with E-state index in [0.29, 0.717) is 11.1 Å². The van der Waals surface area contributed by atoms with Crippen LogP contribution >= 0.6 is 0 Å². The van der Waals surface area contributed by atoms with Crippen LogP contribution in [0.4, 0.5) is 0 Å². The van der Waals surface area contributed by atoms with Crippen LogP contribution in [0, 0.1) is 29.1 Å². The van der Waals surface area contributed by atoms with Crippen molar-refractivity contribution < 1.29 is 0 Å². The van der Waals surface area contributed by atoms with E-state index in [2.05, 4.69) is 9.80 Å². The Morgan fingerprint density at radius 2 is 0.757 bits per heavy atom. The minimum Gasteiger partial charge on any atom is -0.285 e. The Kier molecular flexibility index (Phi) is 9.24. The summed E-state index contributed by atoms with van der Waals surface area (Å²) >= 11 is 0. The summed E-state index contributed by atoms with van der Waals surface area (Å²) < 4.78 is 0. The molecule has 0 spiro atoms. The molecule has 0 aromatic heterocycles. The van der Waals surface area contributed by atoms with Crippen LogP contribution in [0.2, 0.25) is 0 Å². The normalized spacial score (nSPS) is 39.4. The first-order valence-corrected chi connectivity index (χ1v) is 17.9. The molecule has 0 bridgehead atoms. The second kappa shape index (κ2) is 12.6. The van der Waals surface area contributed by atoms with Crippen molar-refractivity contribution in [3.63, 3.8) is 0 Å². The molecule has 6 aliphatic rings. The Hall–Kier alpha value is -0.0800. The Labute approximate surface area is 231 Å². The van der Waals surface area contributed by atoms with Gasteiger partial charge in [0.15, 0.2) is 0 Å². The summed E-state index contributed by atoms with van der Waals surface area (Å²) in [5.74, 6) is 4.05. The van der Waals surface area contributed by atoms with E-state index < -0.39 is 0 Å². The van der Waals surface area contributed by atoms with Crippen molar-refractivity contribution >= 4 is 0 Å². The molecule has 0 aromatic carbocycles. The lowest BCUT2D eigenvalue weighted by atomic mass is 9.49. The number of piperidine rings is 1. The fraction of sp³-hybridized carbons (Fsp3) is 1.00. The Balaban J connectivity index is 1.53. The highest BCUT2D eigenvalue weighted by Crippen LogP contribution is 2.69. The third kappa shape index (κ3) is 5.00. The summed E-state index contributed by atoms with van der Waals surface area (Å²) in [4.78, 5) is 6.47. The van der Waals surface area contributed by atoms with E-state index in [0.717, 1.165) is 23.7 Å². The molecule has 4 aliphatic carbocycles. The predicted molar refractivity (Wildman–Crippen MR) is 158 cm³/mol. The lowest BCUT2D eigenvalue weighted by Gasteiger charge is -2.66. The second-order valence-corrected chi connectivity index (χ2v) is 14.8. The van der Waals surface area contributed by atoms with E-state index in [9.17, 15) is 0 Å². The molecule has 4 saturated carbocycles. The average molecular weight is 511 g/mol. The molecule has 0 radical (unpaired) electrons. The molecular formula is C35H62N2. The van der Waals surface area contributed by atoms with Crippen LogP contribution in [0.25, 0.3) is 0 Å². The summed E-state index contributed by atoms with van der Waals surface area (Å²) in [6.45, 7) is 5.65. The fourth-order valence-electron chi connectivity index (χ4n) is 12.0. The molecule has 3 unspecified atom stereocenters. The van der Waals surface area contributed by atoms with Crippen LogP contribution in [0.3, 0.4) is 0 Å². The number of nitrogens with zero attached hydrogens (tertiary/aromatic N) is 2. The standard InChI is InChI=1S/C35H62N2/c1-2-10-20-31(21-11-3-1)35(32-22-12-4-5-13-23-32)33(30-18-8-6-9-19-30)24-25-34(35,37-28-16-17-29-37)36-26-14-7-15-27-36/h30-33H,1-29H2. The summed E-state index contributed by atoms with van der Waals surface area (Å²) in [6.07, 6.45) is 38.2. The Bertz CT molecular complexity index is 671. The van der Waals surface area contributed by atoms with E-state index in [1.807, 2.05) is 0 Å². The maximum atomic E-state index is 3.24. The molecule has 2 heteroatoms. The monoisotopic (exact) mass is 510 g/mol. The molecule has 2 saturated heterocycles. The average Bonchev–Trinajstić information content (AvgIpc) is 3.50. The summed E-state index contributed by atoms with van der Waals surface area (Å²) in [5, 5.41) is 0. The molecule has 0 N–H and O–H groups in total. The van der Waals surface area contributed by atoms with Crippen molar-refractivity contribution in [1.82, 2.24) is 9.80 Å². The summed E-state index contributed by atoms with van der Waals surface area (Å²) in [6, 6.07) is 0. The maximum Gasteiger partial charge on any atom is 0.0803 e. The van der Waals surface area contributed by atoms with Gasteiger partial charge in [-0.1, -0.05) is 96.3 Å². The molecule has 2 nitrogen and oxygen atoms in total. The van der Waals surface area contributed by atoms with Crippen LogP contribution < -0.4 is 0 Å². The van der Waals surface area contributed by atoms with E-state index in [1.54, 1.807) is 44.9 Å². The zero-order chi connectivity index (χ0) is 25.0. The first kappa shape index (κ1) is 27.1. The summed E-state index contributed by atoms with van der Waals surface area (Å²) in [5.41, 5.74) is 0.962. The van der Waals surface area contributed by atoms with Gasteiger partial charge in [0.2, 0.25) is 0 Å². The molecular weight excluding hydrogens is 448 g/mol. The highest BCUT2D eigenvalue weighted by molar-refractivity contribution is 5.19. The number of rotatable bonds is 5. The van der Waals surface area contributed by atoms with E-state index in [4.69, 9.17) is 0 Å². The van der Waals surface area contributed by atoms with Gasteiger partial charge in [0.05, 0.1) is 5.66 Å². The molecule has 2 aliphatic heterocycles. The van der Waals surface area contributed by atoms with Crippen molar-refractivity contribution in [1.29, 1.82) is 0 Å². The molecule has 0 amide bonds. The van der Waals surface area contributed by atoms with Gasteiger partial charge in [-0.2, -0.15) is 0 Å². The summed E-state index contributed by atoms with van der Waals surface area (Å²) in [7, 11) is 0. The van der Waals surface area contributed by atoms with Crippen molar-refractivity contribution in [3.05, 3.63) is 0 Å². The van der Waals surface area contributed by atoms with E-state index in [1.165, 1.54) is 142 Å². The predicted octanol–water partition coefficient (Wildman–Crippen LogP) is 9.57. The number of likely N-dealkylation sites (tertiary alicyclic amines) is 2. The third-order valence-corrected chi connectivity index (χ3v) is 13.1. The zero-order valence-corrected chi connectivity index (χ0v) is 24.7. The van der Waals surface area contributed by atoms with Gasteiger partial charge in [-0.25, -0.2) is 0 Å².